The summed E-state index contributed by atoms with van der Waals surface area (Å²) < 4.78 is 51.8. The largest absolute Gasteiger partial charge is 0.312 e. The summed E-state index contributed by atoms with van der Waals surface area (Å²) in [5.74, 6) is 0. The predicted octanol–water partition coefficient (Wildman–Crippen LogP) is -0.423. The summed E-state index contributed by atoms with van der Waals surface area (Å²) in [7, 11) is -5.84. The molecule has 0 aromatic heterocycles. The van der Waals surface area contributed by atoms with Crippen LogP contribution in [0.5, 0.6) is 0 Å². The third kappa shape index (κ3) is 3.43. The molecule has 1 aromatic rings. The maximum absolute atomic E-state index is 12.5. The minimum atomic E-state index is -3.59. The quantitative estimate of drug-likeness (QED) is 0.780. The lowest BCUT2D eigenvalue weighted by atomic mass is 10.3. The second-order valence-corrected chi connectivity index (χ2v) is 8.72. The van der Waals surface area contributed by atoms with Crippen molar-refractivity contribution in [2.75, 3.05) is 26.7 Å². The average Bonchev–Trinajstić information content (AvgIpc) is 2.47. The summed E-state index contributed by atoms with van der Waals surface area (Å²) in [5.41, 5.74) is 0. The highest BCUT2D eigenvalue weighted by atomic mass is 32.2. The molecule has 0 unspecified atom stereocenters. The monoisotopic (exact) mass is 333 g/mol. The third-order valence-electron chi connectivity index (χ3n) is 3.37. The Balaban J connectivity index is 2.29. The lowest BCUT2D eigenvalue weighted by molar-refractivity contribution is 0.310. The summed E-state index contributed by atoms with van der Waals surface area (Å²) in [6.07, 6.45) is 0. The highest BCUT2D eigenvalue weighted by Crippen LogP contribution is 2.19. The van der Waals surface area contributed by atoms with E-state index in [2.05, 4.69) is 10.0 Å². The van der Waals surface area contributed by atoms with E-state index < -0.39 is 20.0 Å². The Kier molecular flexibility index (Phi) is 4.69. The van der Waals surface area contributed by atoms with Crippen LogP contribution in [-0.2, 0) is 20.0 Å². The number of hydrogen-bond donors (Lipinski definition) is 2. The number of sulfonamides is 2. The van der Waals surface area contributed by atoms with Gasteiger partial charge in [0.2, 0.25) is 20.0 Å². The molecule has 118 valence electrons. The van der Waals surface area contributed by atoms with Crippen molar-refractivity contribution in [3.63, 3.8) is 0 Å². The molecule has 1 heterocycles. The van der Waals surface area contributed by atoms with Crippen LogP contribution in [0.15, 0.2) is 34.1 Å². The zero-order valence-corrected chi connectivity index (χ0v) is 13.5. The molecule has 0 radical (unpaired) electrons. The van der Waals surface area contributed by atoms with E-state index >= 15 is 0 Å². The smallest absolute Gasteiger partial charge is 0.243 e. The van der Waals surface area contributed by atoms with E-state index in [4.69, 9.17) is 0 Å². The van der Waals surface area contributed by atoms with E-state index in [-0.39, 0.29) is 15.8 Å². The molecule has 1 atom stereocenters. The number of hydrogen-bond acceptors (Lipinski definition) is 5. The minimum Gasteiger partial charge on any atom is -0.312 e. The van der Waals surface area contributed by atoms with Gasteiger partial charge in [-0.25, -0.2) is 21.6 Å². The van der Waals surface area contributed by atoms with Crippen molar-refractivity contribution in [2.45, 2.75) is 22.8 Å². The lowest BCUT2D eigenvalue weighted by Crippen LogP contribution is -2.51. The van der Waals surface area contributed by atoms with Gasteiger partial charge in [-0.15, -0.1) is 0 Å². The maximum Gasteiger partial charge on any atom is 0.243 e. The summed E-state index contributed by atoms with van der Waals surface area (Å²) >= 11 is 0. The fourth-order valence-corrected chi connectivity index (χ4v) is 4.43. The summed E-state index contributed by atoms with van der Waals surface area (Å²) in [6.45, 7) is 3.33. The number of nitrogens with zero attached hydrogens (tertiary/aromatic N) is 1. The predicted molar refractivity (Wildman–Crippen MR) is 78.9 cm³/mol. The molecule has 2 N–H and O–H groups in total. The summed E-state index contributed by atoms with van der Waals surface area (Å²) in [5, 5.41) is 3.18. The lowest BCUT2D eigenvalue weighted by Gasteiger charge is -2.31. The van der Waals surface area contributed by atoms with Crippen LogP contribution in [0.3, 0.4) is 0 Å². The topological polar surface area (TPSA) is 95.6 Å². The number of nitrogens with one attached hydrogen (secondary N) is 2. The standard InChI is InChI=1S/C12H19N3O4S2/c1-10-9-15(8-7-14-10)21(18,19)12-5-3-11(4-6-12)20(16,17)13-2/h3-6,10,13-14H,7-9H2,1-2H3/t10-/m1/s1. The first-order chi connectivity index (χ1) is 9.77. The number of rotatable bonds is 4. The Morgan fingerprint density at radius 2 is 1.71 bits per heavy atom. The van der Waals surface area contributed by atoms with Crippen molar-refractivity contribution >= 4 is 20.0 Å². The molecule has 9 heteroatoms. The first-order valence-electron chi connectivity index (χ1n) is 6.54. The molecule has 0 saturated carbocycles. The van der Waals surface area contributed by atoms with E-state index in [0.717, 1.165) is 0 Å². The molecule has 2 rings (SSSR count). The van der Waals surface area contributed by atoms with Crippen LogP contribution in [0.1, 0.15) is 6.92 Å². The van der Waals surface area contributed by atoms with Crippen LogP contribution in [-0.4, -0.2) is 53.9 Å². The van der Waals surface area contributed by atoms with Crippen LogP contribution in [0.2, 0.25) is 0 Å². The van der Waals surface area contributed by atoms with Crippen LogP contribution < -0.4 is 10.0 Å². The highest BCUT2D eigenvalue weighted by molar-refractivity contribution is 7.89. The maximum atomic E-state index is 12.5. The molecule has 1 saturated heterocycles. The Hall–Kier alpha value is -1.00. The molecule has 1 aliphatic heterocycles. The Morgan fingerprint density at radius 1 is 1.14 bits per heavy atom. The van der Waals surface area contributed by atoms with Gasteiger partial charge in [-0.05, 0) is 38.2 Å². The Bertz CT molecular complexity index is 699. The number of piperazine rings is 1. The van der Waals surface area contributed by atoms with E-state index in [1.807, 2.05) is 6.92 Å². The molecule has 0 aliphatic carbocycles. The molecular weight excluding hydrogens is 314 g/mol. The van der Waals surface area contributed by atoms with Crippen molar-refractivity contribution in [3.8, 4) is 0 Å². The Morgan fingerprint density at radius 3 is 2.24 bits per heavy atom. The zero-order valence-electron chi connectivity index (χ0n) is 11.9. The fourth-order valence-electron chi connectivity index (χ4n) is 2.17. The molecule has 0 amide bonds. The van der Waals surface area contributed by atoms with Gasteiger partial charge < -0.3 is 5.32 Å². The molecule has 1 fully saturated rings. The van der Waals surface area contributed by atoms with Gasteiger partial charge in [-0.2, -0.15) is 4.31 Å². The molecule has 1 aromatic carbocycles. The van der Waals surface area contributed by atoms with E-state index in [9.17, 15) is 16.8 Å². The van der Waals surface area contributed by atoms with Crippen molar-refractivity contribution in [2.24, 2.45) is 0 Å². The van der Waals surface area contributed by atoms with Gasteiger partial charge in [-0.3, -0.25) is 0 Å². The zero-order chi connectivity index (χ0) is 15.7. The molecule has 1 aliphatic rings. The van der Waals surface area contributed by atoms with Crippen LogP contribution >= 0.6 is 0 Å². The first kappa shape index (κ1) is 16.4. The van der Waals surface area contributed by atoms with Gasteiger partial charge in [0.1, 0.15) is 0 Å². The summed E-state index contributed by atoms with van der Waals surface area (Å²) in [6, 6.07) is 5.34. The molecule has 0 spiro atoms. The third-order valence-corrected chi connectivity index (χ3v) is 6.68. The second-order valence-electron chi connectivity index (χ2n) is 4.90. The van der Waals surface area contributed by atoms with Crippen LogP contribution in [0.25, 0.3) is 0 Å². The van der Waals surface area contributed by atoms with Gasteiger partial charge in [0, 0.05) is 25.7 Å². The molecule has 7 nitrogen and oxygen atoms in total. The second kappa shape index (κ2) is 6.01. The van der Waals surface area contributed by atoms with Crippen LogP contribution in [0, 0.1) is 0 Å². The minimum absolute atomic E-state index is 0.0395. The van der Waals surface area contributed by atoms with Gasteiger partial charge in [-0.1, -0.05) is 0 Å². The van der Waals surface area contributed by atoms with Crippen LogP contribution in [0.4, 0.5) is 0 Å². The van der Waals surface area contributed by atoms with E-state index in [1.54, 1.807) is 0 Å². The molecular formula is C12H19N3O4S2. The van der Waals surface area contributed by atoms with E-state index in [0.29, 0.717) is 19.6 Å². The van der Waals surface area contributed by atoms with Crippen molar-refractivity contribution in [1.82, 2.24) is 14.3 Å². The van der Waals surface area contributed by atoms with Gasteiger partial charge >= 0.3 is 0 Å². The van der Waals surface area contributed by atoms with E-state index in [1.165, 1.54) is 35.6 Å². The van der Waals surface area contributed by atoms with Gasteiger partial charge in [0.25, 0.3) is 0 Å². The summed E-state index contributed by atoms with van der Waals surface area (Å²) in [4.78, 5) is 0.143. The molecule has 0 bridgehead atoms. The Labute approximate surface area is 125 Å². The highest BCUT2D eigenvalue weighted by Gasteiger charge is 2.28. The molecule has 21 heavy (non-hydrogen) atoms. The first-order valence-corrected chi connectivity index (χ1v) is 9.47. The fraction of sp³-hybridized carbons (Fsp3) is 0.500. The van der Waals surface area contributed by atoms with Gasteiger partial charge in [0.15, 0.2) is 0 Å². The van der Waals surface area contributed by atoms with Crippen molar-refractivity contribution in [3.05, 3.63) is 24.3 Å². The number of benzene rings is 1. The normalized spacial score (nSPS) is 21.3. The SMILES string of the molecule is CNS(=O)(=O)c1ccc(S(=O)(=O)N2CCN[C@H](C)C2)cc1. The average molecular weight is 333 g/mol. The van der Waals surface area contributed by atoms with Crippen molar-refractivity contribution < 1.29 is 16.8 Å². The van der Waals surface area contributed by atoms with Crippen molar-refractivity contribution in [1.29, 1.82) is 0 Å². The van der Waals surface area contributed by atoms with Gasteiger partial charge in [0.05, 0.1) is 9.79 Å².